The molecule has 3 amide bonds. The van der Waals surface area contributed by atoms with Crippen LogP contribution in [0, 0.1) is 11.8 Å². The number of hydrogen-bond acceptors (Lipinski definition) is 4. The molecule has 1 saturated carbocycles. The van der Waals surface area contributed by atoms with E-state index in [4.69, 9.17) is 0 Å². The van der Waals surface area contributed by atoms with Gasteiger partial charge in [-0.3, -0.25) is 19.3 Å². The summed E-state index contributed by atoms with van der Waals surface area (Å²) in [6, 6.07) is 7.38. The number of benzene rings is 1. The lowest BCUT2D eigenvalue weighted by molar-refractivity contribution is -0.148. The highest BCUT2D eigenvalue weighted by Gasteiger charge is 2.51. The SMILES string of the molecule is CSCC[C@H](C(=O)NCCc1c[nH]c2ccccc12)N1C(=O)[C@@H]2CCCC[C@H]2C1=O. The maximum atomic E-state index is 13.1. The van der Waals surface area contributed by atoms with Crippen LogP contribution in [0.15, 0.2) is 30.5 Å². The van der Waals surface area contributed by atoms with E-state index in [1.807, 2.05) is 30.7 Å². The number of carbonyl (C=O) groups excluding carboxylic acids is 3. The number of amides is 3. The van der Waals surface area contributed by atoms with Crippen molar-refractivity contribution in [3.8, 4) is 0 Å². The van der Waals surface area contributed by atoms with Gasteiger partial charge in [-0.25, -0.2) is 0 Å². The number of aromatic amines is 1. The Hall–Kier alpha value is -2.28. The highest BCUT2D eigenvalue weighted by atomic mass is 32.2. The van der Waals surface area contributed by atoms with E-state index < -0.39 is 6.04 Å². The van der Waals surface area contributed by atoms with Crippen LogP contribution in [0.1, 0.15) is 37.7 Å². The monoisotopic (exact) mass is 427 g/mol. The maximum absolute atomic E-state index is 13.1. The number of fused-ring (bicyclic) bond motifs is 2. The Labute approximate surface area is 181 Å². The molecule has 2 heterocycles. The lowest BCUT2D eigenvalue weighted by atomic mass is 9.81. The minimum atomic E-state index is -0.703. The summed E-state index contributed by atoms with van der Waals surface area (Å²) in [4.78, 5) is 43.6. The van der Waals surface area contributed by atoms with E-state index in [9.17, 15) is 14.4 Å². The van der Waals surface area contributed by atoms with Gasteiger partial charge < -0.3 is 10.3 Å². The van der Waals surface area contributed by atoms with Crippen LogP contribution in [0.2, 0.25) is 0 Å². The lowest BCUT2D eigenvalue weighted by Gasteiger charge is -2.25. The fourth-order valence-electron chi connectivity index (χ4n) is 4.88. The van der Waals surface area contributed by atoms with Gasteiger partial charge in [0.25, 0.3) is 0 Å². The van der Waals surface area contributed by atoms with Crippen molar-refractivity contribution in [2.45, 2.75) is 44.6 Å². The highest BCUT2D eigenvalue weighted by molar-refractivity contribution is 7.98. The molecule has 4 rings (SSSR count). The molecule has 7 heteroatoms. The average Bonchev–Trinajstić information content (AvgIpc) is 3.29. The summed E-state index contributed by atoms with van der Waals surface area (Å²) < 4.78 is 0. The van der Waals surface area contributed by atoms with Gasteiger partial charge in [-0.15, -0.1) is 0 Å². The van der Waals surface area contributed by atoms with E-state index in [2.05, 4.69) is 16.4 Å². The second-order valence-electron chi connectivity index (χ2n) is 8.24. The standard InChI is InChI=1S/C23H29N3O3S/c1-30-13-11-20(26-22(28)17-7-2-3-8-18(17)23(26)29)21(27)24-12-10-15-14-25-19-9-5-4-6-16(15)19/h4-6,9,14,17-18,20,25H,2-3,7-8,10-13H2,1H3,(H,24,27)/t17-,18-,20-/m1/s1. The molecule has 2 aromatic rings. The van der Waals surface area contributed by atoms with Gasteiger partial charge in [0, 0.05) is 23.6 Å². The van der Waals surface area contributed by atoms with Crippen LogP contribution < -0.4 is 5.32 Å². The molecule has 160 valence electrons. The largest absolute Gasteiger partial charge is 0.361 e. The number of likely N-dealkylation sites (tertiary alicyclic amines) is 1. The maximum Gasteiger partial charge on any atom is 0.243 e. The Bertz CT molecular complexity index is 917. The fourth-order valence-corrected chi connectivity index (χ4v) is 5.34. The van der Waals surface area contributed by atoms with Gasteiger partial charge in [0.05, 0.1) is 11.8 Å². The summed E-state index contributed by atoms with van der Waals surface area (Å²) in [5.74, 6) is -0.203. The third kappa shape index (κ3) is 4.00. The van der Waals surface area contributed by atoms with Gasteiger partial charge in [-0.05, 0) is 49.3 Å². The molecule has 0 spiro atoms. The Balaban J connectivity index is 1.43. The van der Waals surface area contributed by atoms with Crippen molar-refractivity contribution in [1.29, 1.82) is 0 Å². The van der Waals surface area contributed by atoms with E-state index in [1.54, 1.807) is 11.8 Å². The minimum absolute atomic E-state index is 0.136. The van der Waals surface area contributed by atoms with Gasteiger partial charge in [0.2, 0.25) is 17.7 Å². The smallest absolute Gasteiger partial charge is 0.243 e. The number of nitrogens with one attached hydrogen (secondary N) is 2. The van der Waals surface area contributed by atoms with Gasteiger partial charge in [0.15, 0.2) is 0 Å². The molecule has 2 N–H and O–H groups in total. The summed E-state index contributed by atoms with van der Waals surface area (Å²) in [5.41, 5.74) is 2.22. The van der Waals surface area contributed by atoms with Crippen LogP contribution in [-0.2, 0) is 20.8 Å². The van der Waals surface area contributed by atoms with Crippen molar-refractivity contribution in [3.05, 3.63) is 36.0 Å². The van der Waals surface area contributed by atoms with Gasteiger partial charge >= 0.3 is 0 Å². The number of nitrogens with zero attached hydrogens (tertiary/aromatic N) is 1. The zero-order valence-corrected chi connectivity index (χ0v) is 18.2. The summed E-state index contributed by atoms with van der Waals surface area (Å²) in [5, 5.41) is 4.14. The number of aromatic nitrogens is 1. The van der Waals surface area contributed by atoms with Crippen LogP contribution in [-0.4, -0.2) is 52.2 Å². The van der Waals surface area contributed by atoms with Crippen molar-refractivity contribution < 1.29 is 14.4 Å². The molecule has 1 aromatic carbocycles. The first kappa shape index (κ1) is 21.0. The van der Waals surface area contributed by atoms with E-state index in [0.717, 1.165) is 47.9 Å². The van der Waals surface area contributed by atoms with Crippen LogP contribution in [0.3, 0.4) is 0 Å². The molecule has 0 bridgehead atoms. The first-order chi connectivity index (χ1) is 14.6. The molecule has 2 fully saturated rings. The predicted molar refractivity (Wildman–Crippen MR) is 119 cm³/mol. The van der Waals surface area contributed by atoms with E-state index in [1.165, 1.54) is 4.90 Å². The molecular formula is C23H29N3O3S. The normalized spacial score (nSPS) is 22.4. The summed E-state index contributed by atoms with van der Waals surface area (Å²) >= 11 is 1.62. The minimum Gasteiger partial charge on any atom is -0.361 e. The number of H-pyrrole nitrogens is 1. The number of carbonyl (C=O) groups is 3. The van der Waals surface area contributed by atoms with E-state index in [0.29, 0.717) is 19.4 Å². The second-order valence-corrected chi connectivity index (χ2v) is 9.23. The van der Waals surface area contributed by atoms with Crippen LogP contribution in [0.25, 0.3) is 10.9 Å². The summed E-state index contributed by atoms with van der Waals surface area (Å²) in [6.45, 7) is 0.472. The van der Waals surface area contributed by atoms with Crippen molar-refractivity contribution in [3.63, 3.8) is 0 Å². The number of imide groups is 1. The molecule has 3 atom stereocenters. The molecule has 2 aliphatic rings. The molecule has 1 saturated heterocycles. The topological polar surface area (TPSA) is 82.3 Å². The lowest BCUT2D eigenvalue weighted by Crippen LogP contribution is -2.50. The van der Waals surface area contributed by atoms with Crippen molar-refractivity contribution in [2.24, 2.45) is 11.8 Å². The zero-order valence-electron chi connectivity index (χ0n) is 17.4. The van der Waals surface area contributed by atoms with E-state index >= 15 is 0 Å². The predicted octanol–water partition coefficient (Wildman–Crippen LogP) is 3.12. The zero-order chi connectivity index (χ0) is 21.1. The third-order valence-electron chi connectivity index (χ3n) is 6.45. The first-order valence-corrected chi connectivity index (χ1v) is 12.2. The highest BCUT2D eigenvalue weighted by Crippen LogP contribution is 2.39. The molecular weight excluding hydrogens is 398 g/mol. The molecule has 6 nitrogen and oxygen atoms in total. The fraction of sp³-hybridized carbons (Fsp3) is 0.522. The Morgan fingerprint density at radius 2 is 1.90 bits per heavy atom. The molecule has 0 radical (unpaired) electrons. The third-order valence-corrected chi connectivity index (χ3v) is 7.10. The first-order valence-electron chi connectivity index (χ1n) is 10.8. The summed E-state index contributed by atoms with van der Waals surface area (Å²) in [7, 11) is 0. The van der Waals surface area contributed by atoms with E-state index in [-0.39, 0.29) is 29.6 Å². The van der Waals surface area contributed by atoms with Gasteiger partial charge in [-0.2, -0.15) is 11.8 Å². The number of rotatable bonds is 8. The Morgan fingerprint density at radius 1 is 1.20 bits per heavy atom. The number of thioether (sulfide) groups is 1. The average molecular weight is 428 g/mol. The van der Waals surface area contributed by atoms with Gasteiger partial charge in [-0.1, -0.05) is 31.0 Å². The Morgan fingerprint density at radius 3 is 2.60 bits per heavy atom. The quantitative estimate of drug-likeness (QED) is 0.634. The molecule has 1 aliphatic carbocycles. The number of para-hydroxylation sites is 1. The molecule has 1 aromatic heterocycles. The van der Waals surface area contributed by atoms with Crippen molar-refractivity contribution >= 4 is 40.4 Å². The molecule has 1 aliphatic heterocycles. The van der Waals surface area contributed by atoms with Crippen molar-refractivity contribution in [2.75, 3.05) is 18.6 Å². The number of hydrogen-bond donors (Lipinski definition) is 2. The Kier molecular flexibility index (Phi) is 6.46. The van der Waals surface area contributed by atoms with Crippen LogP contribution in [0.5, 0.6) is 0 Å². The summed E-state index contributed by atoms with van der Waals surface area (Å²) in [6.07, 6.45) is 8.64. The molecule has 0 unspecified atom stereocenters. The van der Waals surface area contributed by atoms with Crippen molar-refractivity contribution in [1.82, 2.24) is 15.2 Å². The second kappa shape index (κ2) is 9.25. The molecule has 30 heavy (non-hydrogen) atoms. The van der Waals surface area contributed by atoms with Crippen LogP contribution in [0.4, 0.5) is 0 Å². The van der Waals surface area contributed by atoms with Gasteiger partial charge in [0.1, 0.15) is 6.04 Å². The van der Waals surface area contributed by atoms with Crippen LogP contribution >= 0.6 is 11.8 Å².